The van der Waals surface area contributed by atoms with Gasteiger partial charge in [-0.2, -0.15) is 0 Å². The van der Waals surface area contributed by atoms with E-state index in [-0.39, 0.29) is 5.92 Å². The van der Waals surface area contributed by atoms with Crippen LogP contribution in [0.3, 0.4) is 0 Å². The van der Waals surface area contributed by atoms with Crippen molar-refractivity contribution in [1.29, 1.82) is 0 Å². The van der Waals surface area contributed by atoms with Gasteiger partial charge in [0.05, 0.1) is 5.92 Å². The second-order valence-electron chi connectivity index (χ2n) is 7.21. The Balaban J connectivity index is 1.43. The number of hydrogen-bond acceptors (Lipinski definition) is 3. The van der Waals surface area contributed by atoms with Crippen molar-refractivity contribution in [3.8, 4) is 0 Å². The molecule has 0 bridgehead atoms. The van der Waals surface area contributed by atoms with E-state index in [1.165, 1.54) is 16.8 Å². The van der Waals surface area contributed by atoms with Gasteiger partial charge in [-0.25, -0.2) is 0 Å². The summed E-state index contributed by atoms with van der Waals surface area (Å²) in [5, 5.41) is 0. The highest BCUT2D eigenvalue weighted by molar-refractivity contribution is 5.85. The van der Waals surface area contributed by atoms with Gasteiger partial charge in [0.25, 0.3) is 0 Å². The van der Waals surface area contributed by atoms with Crippen molar-refractivity contribution in [2.24, 2.45) is 0 Å². The van der Waals surface area contributed by atoms with Crippen LogP contribution in [0.2, 0.25) is 0 Å². The number of carbonyl (C=O) groups excluding carboxylic acids is 1. The average molecular weight is 335 g/mol. The Kier molecular flexibility index (Phi) is 4.20. The Hall–Kier alpha value is -2.36. The lowest BCUT2D eigenvalue weighted by Crippen LogP contribution is -2.50. The number of pyridine rings is 1. The van der Waals surface area contributed by atoms with Crippen LogP contribution >= 0.6 is 0 Å². The van der Waals surface area contributed by atoms with Crippen LogP contribution < -0.4 is 4.90 Å². The molecule has 2 heterocycles. The Labute approximate surface area is 149 Å². The molecule has 1 aliphatic carbocycles. The third-order valence-electron chi connectivity index (χ3n) is 5.45. The summed E-state index contributed by atoms with van der Waals surface area (Å²) in [6.45, 7) is 7.46. The van der Waals surface area contributed by atoms with E-state index in [2.05, 4.69) is 51.2 Å². The van der Waals surface area contributed by atoms with Gasteiger partial charge in [0, 0.05) is 43.3 Å². The molecular weight excluding hydrogens is 310 g/mol. The summed E-state index contributed by atoms with van der Waals surface area (Å²) in [6.07, 6.45) is 1.99. The van der Waals surface area contributed by atoms with Crippen LogP contribution in [-0.4, -0.2) is 42.0 Å². The molecule has 4 heteroatoms. The second-order valence-corrected chi connectivity index (χ2v) is 7.21. The van der Waals surface area contributed by atoms with Gasteiger partial charge in [-0.1, -0.05) is 24.3 Å². The number of nitrogens with zero attached hydrogens (tertiary/aromatic N) is 3. The van der Waals surface area contributed by atoms with Crippen LogP contribution in [0.1, 0.15) is 34.9 Å². The lowest BCUT2D eigenvalue weighted by Gasteiger charge is -2.37. The van der Waals surface area contributed by atoms with Gasteiger partial charge in [0.1, 0.15) is 0 Å². The fourth-order valence-electron chi connectivity index (χ4n) is 4.21. The minimum atomic E-state index is 0.0631. The Morgan fingerprint density at radius 3 is 2.44 bits per heavy atom. The molecule has 1 saturated heterocycles. The topological polar surface area (TPSA) is 36.4 Å². The molecule has 0 radical (unpaired) electrons. The molecule has 1 aliphatic heterocycles. The fourth-order valence-corrected chi connectivity index (χ4v) is 4.21. The van der Waals surface area contributed by atoms with Gasteiger partial charge in [0.2, 0.25) is 5.91 Å². The van der Waals surface area contributed by atoms with Crippen molar-refractivity contribution in [3.63, 3.8) is 0 Å². The second kappa shape index (κ2) is 6.51. The Morgan fingerprint density at radius 2 is 1.72 bits per heavy atom. The number of piperazine rings is 1. The first-order valence-corrected chi connectivity index (χ1v) is 9.18. The summed E-state index contributed by atoms with van der Waals surface area (Å²) in [5.74, 6) is 0.375. The monoisotopic (exact) mass is 335 g/mol. The maximum atomic E-state index is 13.0. The van der Waals surface area contributed by atoms with Gasteiger partial charge >= 0.3 is 0 Å². The van der Waals surface area contributed by atoms with Crippen LogP contribution in [0.5, 0.6) is 0 Å². The first-order valence-electron chi connectivity index (χ1n) is 9.18. The summed E-state index contributed by atoms with van der Waals surface area (Å²) in [7, 11) is 0. The van der Waals surface area contributed by atoms with Crippen LogP contribution in [0.15, 0.2) is 36.4 Å². The normalized spacial score (nSPS) is 19.8. The highest BCUT2D eigenvalue weighted by Crippen LogP contribution is 2.34. The molecule has 1 fully saturated rings. The third kappa shape index (κ3) is 3.13. The molecule has 0 saturated carbocycles. The molecule has 130 valence electrons. The maximum absolute atomic E-state index is 13.0. The van der Waals surface area contributed by atoms with Crippen molar-refractivity contribution in [3.05, 3.63) is 58.9 Å². The van der Waals surface area contributed by atoms with E-state index in [0.717, 1.165) is 50.4 Å². The zero-order chi connectivity index (χ0) is 17.4. The van der Waals surface area contributed by atoms with E-state index in [4.69, 9.17) is 0 Å². The summed E-state index contributed by atoms with van der Waals surface area (Å²) in [6, 6.07) is 12.7. The molecule has 4 rings (SSSR count). The lowest BCUT2D eigenvalue weighted by atomic mass is 9.99. The number of aromatic nitrogens is 1. The van der Waals surface area contributed by atoms with Gasteiger partial charge in [-0.05, 0) is 49.9 Å². The molecule has 1 amide bonds. The number of hydrogen-bond donors (Lipinski definition) is 0. The predicted molar refractivity (Wildman–Crippen MR) is 100 cm³/mol. The number of rotatable bonds is 2. The van der Waals surface area contributed by atoms with E-state index >= 15 is 0 Å². The smallest absolute Gasteiger partial charge is 0.230 e. The Bertz CT molecular complexity index is 773. The van der Waals surface area contributed by atoms with Crippen molar-refractivity contribution >= 4 is 11.6 Å². The molecule has 4 nitrogen and oxygen atoms in total. The highest BCUT2D eigenvalue weighted by atomic mass is 16.2. The number of benzene rings is 1. The van der Waals surface area contributed by atoms with E-state index in [1.807, 2.05) is 13.8 Å². The molecule has 1 aromatic carbocycles. The van der Waals surface area contributed by atoms with Crippen molar-refractivity contribution in [1.82, 2.24) is 9.88 Å². The standard InChI is InChI=1S/C21H25N3O/c1-15-13-18(14-16(2)22-15)23-9-11-24(12-10-23)21(25)20-8-7-17-5-3-4-6-19(17)20/h3-6,13-14,20H,7-12H2,1-2H3. The van der Waals surface area contributed by atoms with Crippen molar-refractivity contribution in [2.75, 3.05) is 31.1 Å². The number of aryl methyl sites for hydroxylation is 3. The first kappa shape index (κ1) is 16.1. The quantitative estimate of drug-likeness (QED) is 0.846. The third-order valence-corrected chi connectivity index (χ3v) is 5.45. The van der Waals surface area contributed by atoms with E-state index in [0.29, 0.717) is 5.91 Å². The summed E-state index contributed by atoms with van der Waals surface area (Å²) < 4.78 is 0. The van der Waals surface area contributed by atoms with Gasteiger partial charge in [-0.3, -0.25) is 9.78 Å². The minimum absolute atomic E-state index is 0.0631. The molecule has 1 unspecified atom stereocenters. The molecular formula is C21H25N3O. The molecule has 0 spiro atoms. The van der Waals surface area contributed by atoms with E-state index in [9.17, 15) is 4.79 Å². The van der Waals surface area contributed by atoms with E-state index in [1.54, 1.807) is 0 Å². The predicted octanol–water partition coefficient (Wildman–Crippen LogP) is 3.08. The molecule has 25 heavy (non-hydrogen) atoms. The zero-order valence-electron chi connectivity index (χ0n) is 15.0. The van der Waals surface area contributed by atoms with Gasteiger partial charge in [-0.15, -0.1) is 0 Å². The number of anilines is 1. The molecule has 0 N–H and O–H groups in total. The van der Waals surface area contributed by atoms with E-state index < -0.39 is 0 Å². The largest absolute Gasteiger partial charge is 0.368 e. The zero-order valence-corrected chi connectivity index (χ0v) is 15.0. The highest BCUT2D eigenvalue weighted by Gasteiger charge is 2.32. The first-order chi connectivity index (χ1) is 12.1. The maximum Gasteiger partial charge on any atom is 0.230 e. The molecule has 2 aliphatic rings. The molecule has 2 aromatic rings. The molecule has 1 aromatic heterocycles. The van der Waals surface area contributed by atoms with Crippen LogP contribution in [0.4, 0.5) is 5.69 Å². The number of fused-ring (bicyclic) bond motifs is 1. The Morgan fingerprint density at radius 1 is 1.04 bits per heavy atom. The lowest BCUT2D eigenvalue weighted by molar-refractivity contribution is -0.133. The average Bonchev–Trinajstić information content (AvgIpc) is 3.04. The summed E-state index contributed by atoms with van der Waals surface area (Å²) in [5.41, 5.74) is 5.92. The van der Waals surface area contributed by atoms with Crippen LogP contribution in [-0.2, 0) is 11.2 Å². The summed E-state index contributed by atoms with van der Waals surface area (Å²) >= 11 is 0. The van der Waals surface area contributed by atoms with Gasteiger partial charge in [0.15, 0.2) is 0 Å². The minimum Gasteiger partial charge on any atom is -0.368 e. The molecule has 1 atom stereocenters. The van der Waals surface area contributed by atoms with Crippen molar-refractivity contribution < 1.29 is 4.79 Å². The fraction of sp³-hybridized carbons (Fsp3) is 0.429. The SMILES string of the molecule is Cc1cc(N2CCN(C(=O)C3CCc4ccccc43)CC2)cc(C)n1. The number of carbonyl (C=O) groups is 1. The summed E-state index contributed by atoms with van der Waals surface area (Å²) in [4.78, 5) is 21.9. The van der Waals surface area contributed by atoms with Crippen LogP contribution in [0.25, 0.3) is 0 Å². The van der Waals surface area contributed by atoms with Crippen LogP contribution in [0, 0.1) is 13.8 Å². The van der Waals surface area contributed by atoms with Gasteiger partial charge < -0.3 is 9.80 Å². The number of amides is 1. The van der Waals surface area contributed by atoms with Crippen molar-refractivity contribution in [2.45, 2.75) is 32.6 Å².